The van der Waals surface area contributed by atoms with Crippen molar-refractivity contribution in [2.75, 3.05) is 7.11 Å². The Morgan fingerprint density at radius 3 is 2.00 bits per heavy atom. The van der Waals surface area contributed by atoms with Gasteiger partial charge in [-0.05, 0) is 23.9 Å². The van der Waals surface area contributed by atoms with Crippen molar-refractivity contribution in [3.05, 3.63) is 0 Å². The predicted octanol–water partition coefficient (Wildman–Crippen LogP) is 3.06. The third-order valence-corrected chi connectivity index (χ3v) is 5.25. The van der Waals surface area contributed by atoms with E-state index in [9.17, 15) is 0 Å². The molecule has 0 N–H and O–H groups in total. The smallest absolute Gasteiger partial charge is 0.176 e. The van der Waals surface area contributed by atoms with E-state index in [1.54, 1.807) is 0 Å². The van der Waals surface area contributed by atoms with Crippen LogP contribution in [-0.2, 0) is 4.43 Å². The van der Waals surface area contributed by atoms with Gasteiger partial charge in [0.15, 0.2) is 9.04 Å². The van der Waals surface area contributed by atoms with Gasteiger partial charge in [-0.3, -0.25) is 0 Å². The van der Waals surface area contributed by atoms with Gasteiger partial charge in [0.1, 0.15) is 0 Å². The van der Waals surface area contributed by atoms with Crippen LogP contribution in [0.25, 0.3) is 0 Å². The van der Waals surface area contributed by atoms with Crippen LogP contribution in [0, 0.1) is 11.8 Å². The highest BCUT2D eigenvalue weighted by Crippen LogP contribution is 2.14. The van der Waals surface area contributed by atoms with E-state index in [0.717, 1.165) is 11.8 Å². The molecule has 0 fully saturated rings. The van der Waals surface area contributed by atoms with Crippen molar-refractivity contribution in [3.8, 4) is 0 Å². The Morgan fingerprint density at radius 2 is 1.67 bits per heavy atom. The van der Waals surface area contributed by atoms with Crippen molar-refractivity contribution in [3.63, 3.8) is 0 Å². The fraction of sp³-hybridized carbons (Fsp3) is 1.00. The lowest BCUT2D eigenvalue weighted by Gasteiger charge is -2.16. The molecule has 1 unspecified atom stereocenters. The maximum atomic E-state index is 5.55. The minimum atomic E-state index is -0.827. The van der Waals surface area contributed by atoms with Gasteiger partial charge in [0, 0.05) is 7.11 Å². The van der Waals surface area contributed by atoms with E-state index in [-0.39, 0.29) is 0 Å². The highest BCUT2D eigenvalue weighted by Gasteiger charge is 2.12. The van der Waals surface area contributed by atoms with E-state index in [1.165, 1.54) is 18.5 Å². The standard InChI is InChI=1S/C10H24OSi/c1-9(2)6-7-12(11-5)8-10(3)4/h9-10,12H,6-8H2,1-5H3. The predicted molar refractivity (Wildman–Crippen MR) is 58.1 cm³/mol. The summed E-state index contributed by atoms with van der Waals surface area (Å²) in [6, 6.07) is 2.69. The van der Waals surface area contributed by atoms with Crippen molar-refractivity contribution >= 4 is 9.04 Å². The zero-order valence-corrected chi connectivity index (χ0v) is 10.4. The van der Waals surface area contributed by atoms with Crippen LogP contribution in [0.1, 0.15) is 34.1 Å². The van der Waals surface area contributed by atoms with Crippen LogP contribution in [0.3, 0.4) is 0 Å². The average molecular weight is 188 g/mol. The van der Waals surface area contributed by atoms with Crippen LogP contribution in [-0.4, -0.2) is 16.2 Å². The fourth-order valence-corrected chi connectivity index (χ4v) is 4.13. The quantitative estimate of drug-likeness (QED) is 0.582. The van der Waals surface area contributed by atoms with Crippen LogP contribution in [0.4, 0.5) is 0 Å². The Balaban J connectivity index is 3.53. The lowest BCUT2D eigenvalue weighted by Crippen LogP contribution is -2.18. The largest absolute Gasteiger partial charge is 0.423 e. The van der Waals surface area contributed by atoms with E-state index < -0.39 is 9.04 Å². The Labute approximate surface area is 79.2 Å². The van der Waals surface area contributed by atoms with Gasteiger partial charge in [0.25, 0.3) is 0 Å². The van der Waals surface area contributed by atoms with Gasteiger partial charge in [0.2, 0.25) is 0 Å². The van der Waals surface area contributed by atoms with Crippen molar-refractivity contribution in [2.45, 2.75) is 46.2 Å². The molecule has 12 heavy (non-hydrogen) atoms. The van der Waals surface area contributed by atoms with Crippen LogP contribution in [0.2, 0.25) is 12.1 Å². The summed E-state index contributed by atoms with van der Waals surface area (Å²) in [7, 11) is 1.06. The monoisotopic (exact) mass is 188 g/mol. The van der Waals surface area contributed by atoms with Crippen LogP contribution in [0.5, 0.6) is 0 Å². The van der Waals surface area contributed by atoms with Crippen LogP contribution in [0.15, 0.2) is 0 Å². The molecule has 0 aromatic rings. The SMILES string of the molecule is CO[SiH](CCC(C)C)CC(C)C. The molecule has 0 spiro atoms. The molecule has 1 nitrogen and oxygen atoms in total. The molecule has 1 atom stereocenters. The highest BCUT2D eigenvalue weighted by molar-refractivity contribution is 6.51. The van der Waals surface area contributed by atoms with Crippen molar-refractivity contribution in [2.24, 2.45) is 11.8 Å². The molecular formula is C10H24OSi. The van der Waals surface area contributed by atoms with Gasteiger partial charge < -0.3 is 4.43 Å². The van der Waals surface area contributed by atoms with Crippen LogP contribution >= 0.6 is 0 Å². The number of hydrogen-bond donors (Lipinski definition) is 0. The Bertz CT molecular complexity index is 102. The van der Waals surface area contributed by atoms with E-state index in [4.69, 9.17) is 4.43 Å². The van der Waals surface area contributed by atoms with Gasteiger partial charge >= 0.3 is 0 Å². The molecule has 0 aliphatic heterocycles. The minimum Gasteiger partial charge on any atom is -0.423 e. The second-order valence-corrected chi connectivity index (χ2v) is 7.22. The zero-order valence-electron chi connectivity index (χ0n) is 9.26. The first-order valence-corrected chi connectivity index (χ1v) is 7.19. The zero-order chi connectivity index (χ0) is 9.56. The lowest BCUT2D eigenvalue weighted by molar-refractivity contribution is 0.404. The first kappa shape index (κ1) is 12.2. The van der Waals surface area contributed by atoms with Gasteiger partial charge in [-0.2, -0.15) is 0 Å². The molecule has 0 bridgehead atoms. The maximum Gasteiger partial charge on any atom is 0.176 e. The van der Waals surface area contributed by atoms with E-state index in [0.29, 0.717) is 0 Å². The lowest BCUT2D eigenvalue weighted by atomic mass is 10.2. The second kappa shape index (κ2) is 6.67. The summed E-state index contributed by atoms with van der Waals surface area (Å²) in [6.07, 6.45) is 1.34. The highest BCUT2D eigenvalue weighted by atomic mass is 28.3. The number of rotatable bonds is 6. The summed E-state index contributed by atoms with van der Waals surface area (Å²) in [4.78, 5) is 0. The van der Waals surface area contributed by atoms with Gasteiger partial charge in [-0.15, -0.1) is 0 Å². The van der Waals surface area contributed by atoms with Crippen molar-refractivity contribution in [1.82, 2.24) is 0 Å². The molecule has 0 aliphatic carbocycles. The molecule has 2 heteroatoms. The summed E-state index contributed by atoms with van der Waals surface area (Å²) >= 11 is 0. The second-order valence-electron chi connectivity index (χ2n) is 4.46. The Hall–Kier alpha value is 0.177. The molecule has 0 rings (SSSR count). The first-order valence-electron chi connectivity index (χ1n) is 5.09. The molecule has 0 aromatic heterocycles. The molecule has 74 valence electrons. The molecule has 0 radical (unpaired) electrons. The molecule has 0 aromatic carbocycles. The maximum absolute atomic E-state index is 5.55. The summed E-state index contributed by atoms with van der Waals surface area (Å²) in [6.45, 7) is 9.15. The summed E-state index contributed by atoms with van der Waals surface area (Å²) in [5.74, 6) is 1.65. The molecule has 0 saturated heterocycles. The Kier molecular flexibility index (Phi) is 6.77. The summed E-state index contributed by atoms with van der Waals surface area (Å²) < 4.78 is 5.55. The first-order chi connectivity index (χ1) is 5.56. The fourth-order valence-electron chi connectivity index (χ4n) is 1.38. The molecule has 0 aliphatic rings. The van der Waals surface area contributed by atoms with E-state index in [1.807, 2.05) is 7.11 Å². The van der Waals surface area contributed by atoms with Gasteiger partial charge in [-0.1, -0.05) is 34.1 Å². The molecule has 0 saturated carbocycles. The molecule has 0 heterocycles. The number of hydrogen-bond acceptors (Lipinski definition) is 1. The summed E-state index contributed by atoms with van der Waals surface area (Å²) in [5, 5.41) is 0. The normalized spacial score (nSPS) is 14.2. The molecular weight excluding hydrogens is 164 g/mol. The van der Waals surface area contributed by atoms with Crippen molar-refractivity contribution < 1.29 is 4.43 Å². The molecule has 0 amide bonds. The van der Waals surface area contributed by atoms with E-state index >= 15 is 0 Å². The third kappa shape index (κ3) is 6.86. The summed E-state index contributed by atoms with van der Waals surface area (Å²) in [5.41, 5.74) is 0. The minimum absolute atomic E-state index is 0.814. The van der Waals surface area contributed by atoms with Gasteiger partial charge in [-0.25, -0.2) is 0 Å². The van der Waals surface area contributed by atoms with Crippen LogP contribution < -0.4 is 0 Å². The third-order valence-electron chi connectivity index (χ3n) is 2.13. The van der Waals surface area contributed by atoms with Gasteiger partial charge in [0.05, 0.1) is 0 Å². The Morgan fingerprint density at radius 1 is 1.08 bits per heavy atom. The van der Waals surface area contributed by atoms with E-state index in [2.05, 4.69) is 27.7 Å². The van der Waals surface area contributed by atoms with Crippen molar-refractivity contribution in [1.29, 1.82) is 0 Å². The average Bonchev–Trinajstić information content (AvgIpc) is 1.97. The topological polar surface area (TPSA) is 9.23 Å².